The lowest BCUT2D eigenvalue weighted by Gasteiger charge is -2.27. The summed E-state index contributed by atoms with van der Waals surface area (Å²) in [5.41, 5.74) is 5.24. The van der Waals surface area contributed by atoms with Crippen molar-refractivity contribution in [2.24, 2.45) is 0 Å². The van der Waals surface area contributed by atoms with Gasteiger partial charge in [0.05, 0.1) is 12.0 Å². The molecule has 0 saturated carbocycles. The lowest BCUT2D eigenvalue weighted by atomic mass is 10.0. The molecule has 0 spiro atoms. The Hall–Kier alpha value is -3.12. The number of nitrogens with zero attached hydrogens (tertiary/aromatic N) is 2. The van der Waals surface area contributed by atoms with Crippen molar-refractivity contribution in [2.75, 3.05) is 6.54 Å². The summed E-state index contributed by atoms with van der Waals surface area (Å²) >= 11 is 0. The molecule has 0 fully saturated rings. The summed E-state index contributed by atoms with van der Waals surface area (Å²) < 4.78 is 5.39. The van der Waals surface area contributed by atoms with Crippen LogP contribution in [0.2, 0.25) is 0 Å². The number of aryl methyl sites for hydroxylation is 1. The summed E-state index contributed by atoms with van der Waals surface area (Å²) in [6.07, 6.45) is 2.29. The van der Waals surface area contributed by atoms with Gasteiger partial charge in [-0.25, -0.2) is 4.98 Å². The molecule has 1 aliphatic rings. The fourth-order valence-corrected chi connectivity index (χ4v) is 3.92. The number of benzene rings is 1. The van der Waals surface area contributed by atoms with Crippen molar-refractivity contribution in [3.63, 3.8) is 0 Å². The number of H-pyrrole nitrogens is 2. The highest BCUT2D eigenvalue weighted by Crippen LogP contribution is 2.26. The number of hydrogen-bond donors (Lipinski definition) is 2. The molecule has 0 radical (unpaired) electrons. The van der Waals surface area contributed by atoms with E-state index in [1.807, 2.05) is 6.07 Å². The molecule has 27 heavy (non-hydrogen) atoms. The van der Waals surface area contributed by atoms with Crippen LogP contribution >= 0.6 is 0 Å². The van der Waals surface area contributed by atoms with Gasteiger partial charge in [-0.05, 0) is 37.1 Å². The van der Waals surface area contributed by atoms with Crippen LogP contribution in [0.25, 0.3) is 22.5 Å². The third-order valence-electron chi connectivity index (χ3n) is 5.32. The number of furan rings is 1. The maximum atomic E-state index is 12.5. The Morgan fingerprint density at radius 1 is 1.19 bits per heavy atom. The van der Waals surface area contributed by atoms with E-state index in [1.54, 1.807) is 18.4 Å². The van der Waals surface area contributed by atoms with Crippen LogP contribution in [0.1, 0.15) is 22.5 Å². The van der Waals surface area contributed by atoms with E-state index < -0.39 is 0 Å². The van der Waals surface area contributed by atoms with Gasteiger partial charge >= 0.3 is 0 Å². The van der Waals surface area contributed by atoms with Crippen molar-refractivity contribution in [3.8, 4) is 11.6 Å². The number of aromatic amines is 2. The van der Waals surface area contributed by atoms with Gasteiger partial charge < -0.3 is 14.4 Å². The first kappa shape index (κ1) is 16.1. The summed E-state index contributed by atoms with van der Waals surface area (Å²) in [5.74, 6) is 1.08. The maximum absolute atomic E-state index is 12.5. The molecule has 0 saturated heterocycles. The zero-order valence-corrected chi connectivity index (χ0v) is 15.1. The van der Waals surface area contributed by atoms with E-state index >= 15 is 0 Å². The molecule has 0 unspecified atom stereocenters. The minimum atomic E-state index is -0.0608. The van der Waals surface area contributed by atoms with Crippen LogP contribution in [0.5, 0.6) is 0 Å². The molecule has 0 bridgehead atoms. The van der Waals surface area contributed by atoms with Crippen LogP contribution in [0.4, 0.5) is 0 Å². The highest BCUT2D eigenvalue weighted by molar-refractivity contribution is 5.84. The molecule has 3 aromatic heterocycles. The molecule has 136 valence electrons. The quantitative estimate of drug-likeness (QED) is 0.587. The van der Waals surface area contributed by atoms with E-state index in [9.17, 15) is 4.79 Å². The molecule has 6 nitrogen and oxygen atoms in total. The van der Waals surface area contributed by atoms with E-state index in [1.165, 1.54) is 16.6 Å². The second-order valence-electron chi connectivity index (χ2n) is 7.05. The first-order chi connectivity index (χ1) is 13.2. The number of rotatable bonds is 3. The predicted octanol–water partition coefficient (Wildman–Crippen LogP) is 3.38. The smallest absolute Gasteiger partial charge is 0.254 e. The molecule has 5 rings (SSSR count). The van der Waals surface area contributed by atoms with Crippen molar-refractivity contribution in [2.45, 2.75) is 26.4 Å². The zero-order valence-electron chi connectivity index (χ0n) is 15.1. The summed E-state index contributed by atoms with van der Waals surface area (Å²) in [4.78, 5) is 25.8. The number of fused-ring (bicyclic) bond motifs is 2. The average Bonchev–Trinajstić information content (AvgIpc) is 3.30. The van der Waals surface area contributed by atoms with Crippen molar-refractivity contribution in [1.29, 1.82) is 0 Å². The van der Waals surface area contributed by atoms with Crippen molar-refractivity contribution >= 4 is 10.9 Å². The van der Waals surface area contributed by atoms with Gasteiger partial charge in [-0.2, -0.15) is 0 Å². The van der Waals surface area contributed by atoms with Gasteiger partial charge in [-0.1, -0.05) is 18.2 Å². The van der Waals surface area contributed by atoms with E-state index in [4.69, 9.17) is 4.42 Å². The van der Waals surface area contributed by atoms with Crippen molar-refractivity contribution in [3.05, 3.63) is 75.5 Å². The van der Waals surface area contributed by atoms with Gasteiger partial charge in [-0.3, -0.25) is 9.69 Å². The Morgan fingerprint density at radius 2 is 2.07 bits per heavy atom. The van der Waals surface area contributed by atoms with Crippen molar-refractivity contribution < 1.29 is 4.42 Å². The zero-order chi connectivity index (χ0) is 18.4. The molecular weight excluding hydrogens is 340 g/mol. The van der Waals surface area contributed by atoms with Crippen molar-refractivity contribution in [1.82, 2.24) is 19.9 Å². The largest absolute Gasteiger partial charge is 0.461 e. The first-order valence-corrected chi connectivity index (χ1v) is 9.13. The molecule has 4 heterocycles. The Kier molecular flexibility index (Phi) is 3.72. The van der Waals surface area contributed by atoms with Gasteiger partial charge in [0.15, 0.2) is 11.6 Å². The summed E-state index contributed by atoms with van der Waals surface area (Å²) in [6.45, 7) is 4.45. The number of aromatic nitrogens is 3. The Bertz CT molecular complexity index is 1170. The molecule has 2 N–H and O–H groups in total. The van der Waals surface area contributed by atoms with E-state index in [0.29, 0.717) is 24.6 Å². The van der Waals surface area contributed by atoms with Gasteiger partial charge in [0.2, 0.25) is 0 Å². The molecule has 0 aliphatic carbocycles. The Labute approximate surface area is 155 Å². The molecule has 1 aliphatic heterocycles. The minimum absolute atomic E-state index is 0.0608. The Morgan fingerprint density at radius 3 is 2.93 bits per heavy atom. The fourth-order valence-electron chi connectivity index (χ4n) is 3.92. The molecular formula is C21H20N4O2. The lowest BCUT2D eigenvalue weighted by molar-refractivity contribution is 0.241. The fraction of sp³-hybridized carbons (Fsp3) is 0.238. The second kappa shape index (κ2) is 6.25. The topological polar surface area (TPSA) is 77.9 Å². The normalized spacial score (nSPS) is 14.6. The second-order valence-corrected chi connectivity index (χ2v) is 7.05. The number of nitrogens with one attached hydrogen (secondary N) is 2. The van der Waals surface area contributed by atoms with E-state index in [2.05, 4.69) is 45.0 Å². The highest BCUT2D eigenvalue weighted by Gasteiger charge is 2.23. The molecule has 4 aromatic rings. The van der Waals surface area contributed by atoms with E-state index in [-0.39, 0.29) is 5.56 Å². The molecule has 1 aromatic carbocycles. The van der Waals surface area contributed by atoms with Crippen LogP contribution in [0, 0.1) is 6.92 Å². The lowest BCUT2D eigenvalue weighted by Crippen LogP contribution is -2.35. The summed E-state index contributed by atoms with van der Waals surface area (Å²) in [7, 11) is 0. The van der Waals surface area contributed by atoms with Crippen LogP contribution in [0.3, 0.4) is 0 Å². The predicted molar refractivity (Wildman–Crippen MR) is 103 cm³/mol. The minimum Gasteiger partial charge on any atom is -0.461 e. The highest BCUT2D eigenvalue weighted by atomic mass is 16.3. The number of hydrogen-bond acceptors (Lipinski definition) is 4. The third-order valence-corrected chi connectivity index (χ3v) is 5.32. The number of para-hydroxylation sites is 1. The van der Waals surface area contributed by atoms with Crippen LogP contribution < -0.4 is 5.56 Å². The Balaban J connectivity index is 1.47. The SMILES string of the molecule is Cc1[nH]c2ccccc2c1CN1CCc2c(nc(-c3ccco3)[nH]c2=O)C1. The third kappa shape index (κ3) is 2.78. The van der Waals surface area contributed by atoms with Crippen LogP contribution in [-0.2, 0) is 19.5 Å². The molecule has 6 heteroatoms. The standard InChI is InChI=1S/C21H20N4O2/c1-13-16(14-5-2-3-6-17(14)22-13)11-25-9-8-15-18(12-25)23-20(24-21(15)26)19-7-4-10-27-19/h2-7,10,22H,8-9,11-12H2,1H3,(H,23,24,26). The first-order valence-electron chi connectivity index (χ1n) is 9.13. The van der Waals surface area contributed by atoms with Crippen LogP contribution in [-0.4, -0.2) is 26.4 Å². The van der Waals surface area contributed by atoms with Crippen LogP contribution in [0.15, 0.2) is 51.9 Å². The van der Waals surface area contributed by atoms with Gasteiger partial charge in [0.25, 0.3) is 5.56 Å². The maximum Gasteiger partial charge on any atom is 0.254 e. The van der Waals surface area contributed by atoms with Gasteiger partial charge in [0.1, 0.15) is 0 Å². The molecule has 0 amide bonds. The summed E-state index contributed by atoms with van der Waals surface area (Å²) in [5, 5.41) is 1.26. The molecule has 0 atom stereocenters. The summed E-state index contributed by atoms with van der Waals surface area (Å²) in [6, 6.07) is 12.0. The monoisotopic (exact) mass is 360 g/mol. The van der Waals surface area contributed by atoms with E-state index in [0.717, 1.165) is 29.9 Å². The average molecular weight is 360 g/mol. The van der Waals surface area contributed by atoms with Gasteiger partial charge in [0, 0.05) is 41.8 Å². The van der Waals surface area contributed by atoms with Gasteiger partial charge in [-0.15, -0.1) is 0 Å².